The minimum Gasteiger partial charge on any atom is -0.469 e. The number of morpholine rings is 1. The quantitative estimate of drug-likeness (QED) is 0.726. The summed E-state index contributed by atoms with van der Waals surface area (Å²) in [5.41, 5.74) is 7.03. The molecule has 1 amide bonds. The summed E-state index contributed by atoms with van der Waals surface area (Å²) in [6.07, 6.45) is -1.33. The number of ether oxygens (including phenoxy) is 2. The summed E-state index contributed by atoms with van der Waals surface area (Å²) >= 11 is 0. The Hall–Kier alpha value is -2.39. The number of carbonyl (C=O) groups excluding carboxylic acids is 3. The molecule has 0 bridgehead atoms. The number of Topliss-reactive ketones (excluding diaryl/α,β-unsaturated/α-hetero) is 1. The van der Waals surface area contributed by atoms with Crippen molar-refractivity contribution in [2.24, 2.45) is 17.6 Å². The van der Waals surface area contributed by atoms with Crippen LogP contribution in [0.3, 0.4) is 0 Å². The lowest BCUT2D eigenvalue weighted by Gasteiger charge is -2.34. The lowest BCUT2D eigenvalue weighted by molar-refractivity contribution is -0.160. The first-order valence-corrected chi connectivity index (χ1v) is 9.95. The molecule has 1 unspecified atom stereocenters. The number of hydrogen-bond acceptors (Lipinski definition) is 6. The predicted octanol–water partition coefficient (Wildman–Crippen LogP) is 1.95. The molecule has 0 aromatic heterocycles. The van der Waals surface area contributed by atoms with Gasteiger partial charge in [-0.2, -0.15) is 0 Å². The molecule has 3 rings (SSSR count). The summed E-state index contributed by atoms with van der Waals surface area (Å²) in [4.78, 5) is 39.1. The molecule has 1 heterocycles. The molecule has 1 aliphatic heterocycles. The third-order valence-electron chi connectivity index (χ3n) is 5.82. The first kappa shape index (κ1) is 22.3. The third-order valence-corrected chi connectivity index (χ3v) is 5.82. The van der Waals surface area contributed by atoms with E-state index >= 15 is 0 Å². The SMILES string of the molecule is COC(=O)[C@@H]1CC(F)(F)CC[C@H]1C(=O)C(N)c1ccc(C(=O)N2CCOCC2)cc1. The van der Waals surface area contributed by atoms with Gasteiger partial charge in [0.15, 0.2) is 5.78 Å². The molecule has 2 N–H and O–H groups in total. The van der Waals surface area contributed by atoms with Crippen LogP contribution in [-0.4, -0.2) is 61.9 Å². The number of alkyl halides is 2. The number of hydrogen-bond donors (Lipinski definition) is 1. The molecular formula is C21H26F2N2O5. The molecule has 7 nitrogen and oxygen atoms in total. The van der Waals surface area contributed by atoms with Crippen molar-refractivity contribution in [2.75, 3.05) is 33.4 Å². The van der Waals surface area contributed by atoms with Crippen molar-refractivity contribution in [3.8, 4) is 0 Å². The summed E-state index contributed by atoms with van der Waals surface area (Å²) in [5, 5.41) is 0. The number of benzene rings is 1. The lowest BCUT2D eigenvalue weighted by atomic mass is 9.73. The van der Waals surface area contributed by atoms with Gasteiger partial charge in [0.25, 0.3) is 5.91 Å². The van der Waals surface area contributed by atoms with E-state index in [-0.39, 0.29) is 12.3 Å². The number of nitrogens with zero attached hydrogens (tertiary/aromatic N) is 1. The van der Waals surface area contributed by atoms with Gasteiger partial charge in [0.1, 0.15) is 0 Å². The van der Waals surface area contributed by atoms with Crippen molar-refractivity contribution in [3.63, 3.8) is 0 Å². The maximum absolute atomic E-state index is 13.8. The average molecular weight is 424 g/mol. The number of amides is 1. The fraction of sp³-hybridized carbons (Fsp3) is 0.571. The van der Waals surface area contributed by atoms with Crippen LogP contribution in [0.15, 0.2) is 24.3 Å². The molecule has 1 aromatic carbocycles. The highest BCUT2D eigenvalue weighted by Gasteiger charge is 2.48. The number of ketones is 1. The molecule has 0 radical (unpaired) electrons. The van der Waals surface area contributed by atoms with Crippen LogP contribution in [0.5, 0.6) is 0 Å². The van der Waals surface area contributed by atoms with Crippen molar-refractivity contribution in [1.29, 1.82) is 0 Å². The second-order valence-electron chi connectivity index (χ2n) is 7.74. The fourth-order valence-electron chi connectivity index (χ4n) is 4.05. The van der Waals surface area contributed by atoms with E-state index in [0.29, 0.717) is 37.4 Å². The van der Waals surface area contributed by atoms with Gasteiger partial charge in [-0.1, -0.05) is 12.1 Å². The maximum Gasteiger partial charge on any atom is 0.309 e. The normalized spacial score (nSPS) is 24.7. The smallest absolute Gasteiger partial charge is 0.309 e. The molecule has 9 heteroatoms. The Morgan fingerprint density at radius 1 is 1.17 bits per heavy atom. The molecule has 2 fully saturated rings. The summed E-state index contributed by atoms with van der Waals surface area (Å²) in [6.45, 7) is 2.01. The van der Waals surface area contributed by atoms with Gasteiger partial charge in [0.2, 0.25) is 5.92 Å². The van der Waals surface area contributed by atoms with E-state index in [0.717, 1.165) is 7.11 Å². The van der Waals surface area contributed by atoms with E-state index < -0.39 is 48.4 Å². The fourth-order valence-corrected chi connectivity index (χ4v) is 4.05. The van der Waals surface area contributed by atoms with Gasteiger partial charge in [-0.15, -0.1) is 0 Å². The zero-order valence-electron chi connectivity index (χ0n) is 16.8. The third kappa shape index (κ3) is 4.84. The zero-order valence-corrected chi connectivity index (χ0v) is 16.8. The Morgan fingerprint density at radius 2 is 1.80 bits per heavy atom. The number of esters is 1. The summed E-state index contributed by atoms with van der Waals surface area (Å²) in [5.74, 6) is -6.60. The van der Waals surface area contributed by atoms with Crippen LogP contribution >= 0.6 is 0 Å². The highest BCUT2D eigenvalue weighted by molar-refractivity contribution is 5.95. The van der Waals surface area contributed by atoms with Gasteiger partial charge in [-0.25, -0.2) is 8.78 Å². The monoisotopic (exact) mass is 424 g/mol. The van der Waals surface area contributed by atoms with Gasteiger partial charge in [-0.3, -0.25) is 14.4 Å². The Balaban J connectivity index is 1.71. The highest BCUT2D eigenvalue weighted by Crippen LogP contribution is 2.42. The zero-order chi connectivity index (χ0) is 21.9. The van der Waals surface area contributed by atoms with Gasteiger partial charge in [0, 0.05) is 37.4 Å². The second kappa shape index (κ2) is 9.18. The number of nitrogens with two attached hydrogens (primary N) is 1. The van der Waals surface area contributed by atoms with E-state index in [1.807, 2.05) is 0 Å². The van der Waals surface area contributed by atoms with Gasteiger partial charge in [0.05, 0.1) is 32.3 Å². The number of carbonyl (C=O) groups is 3. The molecule has 1 aromatic rings. The molecule has 1 saturated heterocycles. The van der Waals surface area contributed by atoms with Crippen LogP contribution in [0.25, 0.3) is 0 Å². The van der Waals surface area contributed by atoms with Gasteiger partial charge in [-0.05, 0) is 24.1 Å². The van der Waals surface area contributed by atoms with Crippen molar-refractivity contribution >= 4 is 17.7 Å². The second-order valence-corrected chi connectivity index (χ2v) is 7.74. The highest BCUT2D eigenvalue weighted by atomic mass is 19.3. The Bertz CT molecular complexity index is 793. The van der Waals surface area contributed by atoms with Crippen molar-refractivity contribution < 1.29 is 32.6 Å². The van der Waals surface area contributed by atoms with Crippen LogP contribution in [0.4, 0.5) is 8.78 Å². The molecule has 164 valence electrons. The van der Waals surface area contributed by atoms with E-state index in [1.54, 1.807) is 29.2 Å². The Morgan fingerprint density at radius 3 is 2.40 bits per heavy atom. The van der Waals surface area contributed by atoms with Crippen molar-refractivity contribution in [3.05, 3.63) is 35.4 Å². The van der Waals surface area contributed by atoms with Crippen LogP contribution in [0, 0.1) is 11.8 Å². The van der Waals surface area contributed by atoms with Gasteiger partial charge < -0.3 is 20.1 Å². The number of rotatable bonds is 5. The largest absolute Gasteiger partial charge is 0.469 e. The molecule has 3 atom stereocenters. The topological polar surface area (TPSA) is 98.9 Å². The van der Waals surface area contributed by atoms with Crippen LogP contribution < -0.4 is 5.73 Å². The minimum atomic E-state index is -3.01. The molecule has 30 heavy (non-hydrogen) atoms. The average Bonchev–Trinajstić information content (AvgIpc) is 2.77. The van der Waals surface area contributed by atoms with Crippen LogP contribution in [0.2, 0.25) is 0 Å². The molecule has 1 aliphatic carbocycles. The minimum absolute atomic E-state index is 0.132. The Kier molecular flexibility index (Phi) is 6.82. The van der Waals surface area contributed by atoms with E-state index in [1.165, 1.54) is 0 Å². The standard InChI is InChI=1S/C21H26F2N2O5/c1-29-20(28)16-12-21(22,23)7-6-15(16)18(26)17(24)13-2-4-14(5-3-13)19(27)25-8-10-30-11-9-25/h2-5,15-17H,6-12,24H2,1H3/t15-,16-,17?/m1/s1. The van der Waals surface area contributed by atoms with Gasteiger partial charge >= 0.3 is 5.97 Å². The lowest BCUT2D eigenvalue weighted by Crippen LogP contribution is -2.43. The number of halogens is 2. The molecule has 0 spiro atoms. The first-order chi connectivity index (χ1) is 14.2. The molecule has 2 aliphatic rings. The van der Waals surface area contributed by atoms with Crippen LogP contribution in [0.1, 0.15) is 41.2 Å². The van der Waals surface area contributed by atoms with Crippen molar-refractivity contribution in [1.82, 2.24) is 4.90 Å². The number of methoxy groups -OCH3 is 1. The summed E-state index contributed by atoms with van der Waals surface area (Å²) in [6, 6.07) is 5.27. The first-order valence-electron chi connectivity index (χ1n) is 9.95. The predicted molar refractivity (Wildman–Crippen MR) is 103 cm³/mol. The molecule has 1 saturated carbocycles. The summed E-state index contributed by atoms with van der Waals surface area (Å²) in [7, 11) is 1.11. The van der Waals surface area contributed by atoms with E-state index in [2.05, 4.69) is 4.74 Å². The summed E-state index contributed by atoms with van der Waals surface area (Å²) < 4.78 is 37.5. The van der Waals surface area contributed by atoms with E-state index in [9.17, 15) is 23.2 Å². The van der Waals surface area contributed by atoms with Crippen LogP contribution in [-0.2, 0) is 19.1 Å². The Labute approximate surface area is 173 Å². The van der Waals surface area contributed by atoms with E-state index in [4.69, 9.17) is 10.5 Å². The maximum atomic E-state index is 13.8. The molecular weight excluding hydrogens is 398 g/mol. The van der Waals surface area contributed by atoms with Crippen molar-refractivity contribution in [2.45, 2.75) is 31.2 Å².